The summed E-state index contributed by atoms with van der Waals surface area (Å²) in [4.78, 5) is 15.5. The quantitative estimate of drug-likeness (QED) is 0.267. The summed E-state index contributed by atoms with van der Waals surface area (Å²) in [6.45, 7) is 2.18. The van der Waals surface area contributed by atoms with E-state index in [1.807, 2.05) is 19.0 Å². The summed E-state index contributed by atoms with van der Waals surface area (Å²) in [6, 6.07) is 21.5. The van der Waals surface area contributed by atoms with Crippen LogP contribution in [0.5, 0.6) is 0 Å². The molecule has 3 aromatic carbocycles. The van der Waals surface area contributed by atoms with Crippen LogP contribution in [0.1, 0.15) is 35.4 Å². The van der Waals surface area contributed by atoms with Crippen molar-refractivity contribution in [3.63, 3.8) is 0 Å². The maximum Gasteiger partial charge on any atom is 0.269 e. The van der Waals surface area contributed by atoms with Crippen LogP contribution in [-0.2, 0) is 0 Å². The Bertz CT molecular complexity index is 1060. The topological polar surface area (TPSA) is 49.6 Å². The zero-order valence-corrected chi connectivity index (χ0v) is 18.5. The van der Waals surface area contributed by atoms with Gasteiger partial charge >= 0.3 is 0 Å². The number of nitro groups is 1. The second-order valence-electron chi connectivity index (χ2n) is 8.17. The lowest BCUT2D eigenvalue weighted by atomic mass is 9.84. The Morgan fingerprint density at radius 1 is 0.935 bits per heavy atom. The van der Waals surface area contributed by atoms with Crippen molar-refractivity contribution in [1.29, 1.82) is 0 Å². The molecule has 1 heterocycles. The summed E-state index contributed by atoms with van der Waals surface area (Å²) in [5, 5.41) is 11.9. The van der Waals surface area contributed by atoms with Gasteiger partial charge in [-0.2, -0.15) is 0 Å². The summed E-state index contributed by atoms with van der Waals surface area (Å²) < 4.78 is 0. The molecule has 0 saturated carbocycles. The van der Waals surface area contributed by atoms with E-state index in [0.717, 1.165) is 35.5 Å². The number of benzene rings is 3. The third-order valence-electron chi connectivity index (χ3n) is 5.94. The van der Waals surface area contributed by atoms with Gasteiger partial charge in [-0.3, -0.25) is 10.1 Å². The van der Waals surface area contributed by atoms with E-state index in [1.165, 1.54) is 24.6 Å². The minimum Gasteiger partial charge on any atom is -0.378 e. The summed E-state index contributed by atoms with van der Waals surface area (Å²) in [5.74, 6) is -0.198. The summed E-state index contributed by atoms with van der Waals surface area (Å²) in [5.41, 5.74) is 5.19. The summed E-state index contributed by atoms with van der Waals surface area (Å²) in [7, 11) is 4.00. The highest BCUT2D eigenvalue weighted by molar-refractivity contribution is 6.31. The second-order valence-corrected chi connectivity index (χ2v) is 8.57. The Labute approximate surface area is 188 Å². The van der Waals surface area contributed by atoms with E-state index in [4.69, 9.17) is 11.6 Å². The van der Waals surface area contributed by atoms with Gasteiger partial charge < -0.3 is 9.80 Å². The predicted octanol–water partition coefficient (Wildman–Crippen LogP) is 6.09. The Morgan fingerprint density at radius 3 is 2.06 bits per heavy atom. The SMILES string of the molecule is CN(C)c1ccc(C(c2ccc(N3CCCC3)cc2)c2cc([N+](=O)[O-])ccc2Cl)cc1. The first kappa shape index (κ1) is 21.2. The van der Waals surface area contributed by atoms with Crippen molar-refractivity contribution in [2.45, 2.75) is 18.8 Å². The van der Waals surface area contributed by atoms with Crippen molar-refractivity contribution in [2.75, 3.05) is 37.0 Å². The van der Waals surface area contributed by atoms with Crippen LogP contribution in [0.15, 0.2) is 66.7 Å². The zero-order chi connectivity index (χ0) is 22.0. The highest BCUT2D eigenvalue weighted by Crippen LogP contribution is 2.39. The van der Waals surface area contributed by atoms with Crippen LogP contribution in [-0.4, -0.2) is 32.1 Å². The Morgan fingerprint density at radius 2 is 1.52 bits per heavy atom. The van der Waals surface area contributed by atoms with E-state index in [2.05, 4.69) is 53.4 Å². The van der Waals surface area contributed by atoms with Gasteiger partial charge in [0.1, 0.15) is 0 Å². The molecule has 0 spiro atoms. The molecule has 4 rings (SSSR count). The normalized spacial score (nSPS) is 14.5. The van der Waals surface area contributed by atoms with Crippen molar-refractivity contribution in [1.82, 2.24) is 0 Å². The van der Waals surface area contributed by atoms with Crippen molar-refractivity contribution in [3.05, 3.63) is 98.6 Å². The number of halogens is 1. The Balaban J connectivity index is 1.79. The summed E-state index contributed by atoms with van der Waals surface area (Å²) >= 11 is 6.57. The van der Waals surface area contributed by atoms with Crippen molar-refractivity contribution < 1.29 is 4.92 Å². The number of hydrogen-bond donors (Lipinski definition) is 0. The van der Waals surface area contributed by atoms with Gasteiger partial charge in [-0.1, -0.05) is 35.9 Å². The molecule has 0 amide bonds. The van der Waals surface area contributed by atoms with Crippen molar-refractivity contribution >= 4 is 28.7 Å². The molecule has 1 saturated heterocycles. The van der Waals surface area contributed by atoms with Gasteiger partial charge in [-0.05, 0) is 59.9 Å². The van der Waals surface area contributed by atoms with Gasteiger partial charge in [0, 0.05) is 61.6 Å². The molecule has 0 aromatic heterocycles. The first-order valence-corrected chi connectivity index (χ1v) is 10.9. The molecule has 0 radical (unpaired) electrons. The molecule has 1 fully saturated rings. The highest BCUT2D eigenvalue weighted by Gasteiger charge is 2.23. The van der Waals surface area contributed by atoms with E-state index >= 15 is 0 Å². The van der Waals surface area contributed by atoms with Crippen LogP contribution in [0.25, 0.3) is 0 Å². The molecule has 6 heteroatoms. The minimum absolute atomic E-state index is 0.0444. The fraction of sp³-hybridized carbons (Fsp3) is 0.280. The van der Waals surface area contributed by atoms with E-state index in [9.17, 15) is 10.1 Å². The van der Waals surface area contributed by atoms with Crippen molar-refractivity contribution in [2.24, 2.45) is 0 Å². The first-order valence-electron chi connectivity index (χ1n) is 10.5. The molecule has 1 aliphatic heterocycles. The molecular weight excluding hydrogens is 410 g/mol. The molecular formula is C25H26ClN3O2. The second kappa shape index (κ2) is 8.98. The molecule has 1 aliphatic rings. The molecule has 1 unspecified atom stereocenters. The fourth-order valence-corrected chi connectivity index (χ4v) is 4.46. The molecule has 0 aliphatic carbocycles. The predicted molar refractivity (Wildman–Crippen MR) is 128 cm³/mol. The Hall–Kier alpha value is -3.05. The first-order chi connectivity index (χ1) is 14.9. The van der Waals surface area contributed by atoms with Gasteiger partial charge in [-0.25, -0.2) is 0 Å². The molecule has 3 aromatic rings. The number of nitrogens with zero attached hydrogens (tertiary/aromatic N) is 3. The minimum atomic E-state index is -0.373. The largest absolute Gasteiger partial charge is 0.378 e. The van der Waals surface area contributed by atoms with Crippen LogP contribution < -0.4 is 9.80 Å². The van der Waals surface area contributed by atoms with Crippen LogP contribution in [0.2, 0.25) is 5.02 Å². The third kappa shape index (κ3) is 4.52. The number of rotatable bonds is 6. The van der Waals surface area contributed by atoms with E-state index < -0.39 is 0 Å². The van der Waals surface area contributed by atoms with Crippen molar-refractivity contribution in [3.8, 4) is 0 Å². The van der Waals surface area contributed by atoms with Gasteiger partial charge in [0.15, 0.2) is 0 Å². The van der Waals surface area contributed by atoms with Gasteiger partial charge in [0.05, 0.1) is 4.92 Å². The fourth-order valence-electron chi connectivity index (χ4n) is 4.24. The number of non-ortho nitro benzene ring substituents is 1. The average molecular weight is 436 g/mol. The van der Waals surface area contributed by atoms with Crippen LogP contribution in [0, 0.1) is 10.1 Å². The average Bonchev–Trinajstić information content (AvgIpc) is 3.31. The molecule has 0 bridgehead atoms. The molecule has 160 valence electrons. The Kier molecular flexibility index (Phi) is 6.14. The smallest absolute Gasteiger partial charge is 0.269 e. The van der Waals surface area contributed by atoms with Gasteiger partial charge in [0.2, 0.25) is 0 Å². The van der Waals surface area contributed by atoms with E-state index in [-0.39, 0.29) is 16.5 Å². The lowest BCUT2D eigenvalue weighted by molar-refractivity contribution is -0.384. The van der Waals surface area contributed by atoms with Gasteiger partial charge in [-0.15, -0.1) is 0 Å². The lowest BCUT2D eigenvalue weighted by Gasteiger charge is -2.23. The molecule has 0 N–H and O–H groups in total. The van der Waals surface area contributed by atoms with E-state index in [0.29, 0.717) is 5.02 Å². The van der Waals surface area contributed by atoms with Crippen LogP contribution in [0.3, 0.4) is 0 Å². The molecule has 1 atom stereocenters. The zero-order valence-electron chi connectivity index (χ0n) is 17.8. The maximum absolute atomic E-state index is 11.4. The maximum atomic E-state index is 11.4. The number of nitro benzene ring substituents is 1. The van der Waals surface area contributed by atoms with Crippen LogP contribution in [0.4, 0.5) is 17.1 Å². The van der Waals surface area contributed by atoms with Gasteiger partial charge in [0.25, 0.3) is 5.69 Å². The standard InChI is InChI=1S/C25H26ClN3O2/c1-27(2)20-9-5-18(6-10-20)25(23-17-22(29(30)31)13-14-24(23)26)19-7-11-21(12-8-19)28-15-3-4-16-28/h5-14,17,25H,3-4,15-16H2,1-2H3. The lowest BCUT2D eigenvalue weighted by Crippen LogP contribution is -2.17. The summed E-state index contributed by atoms with van der Waals surface area (Å²) in [6.07, 6.45) is 2.46. The molecule has 31 heavy (non-hydrogen) atoms. The molecule has 5 nitrogen and oxygen atoms in total. The van der Waals surface area contributed by atoms with E-state index in [1.54, 1.807) is 12.1 Å². The number of hydrogen-bond acceptors (Lipinski definition) is 4. The monoisotopic (exact) mass is 435 g/mol. The van der Waals surface area contributed by atoms with Crippen LogP contribution >= 0.6 is 11.6 Å². The third-order valence-corrected chi connectivity index (χ3v) is 6.29. The highest BCUT2D eigenvalue weighted by atomic mass is 35.5. The number of anilines is 2.